The Kier molecular flexibility index (Phi) is 8.36. The average Bonchev–Trinajstić information content (AvgIpc) is 3.45. The van der Waals surface area contributed by atoms with Crippen molar-refractivity contribution in [1.82, 2.24) is 23.6 Å². The molecule has 0 N–H and O–H groups in total. The lowest BCUT2D eigenvalue weighted by molar-refractivity contribution is -0.119. The average molecular weight is 644 g/mol. The highest BCUT2D eigenvalue weighted by Gasteiger charge is 2.26. The summed E-state index contributed by atoms with van der Waals surface area (Å²) >= 11 is 5.88. The lowest BCUT2D eigenvalue weighted by Gasteiger charge is -2.31. The molecular formula is C31H26ClF4N5O4. The van der Waals surface area contributed by atoms with Crippen molar-refractivity contribution >= 4 is 39.9 Å². The first-order valence-corrected chi connectivity index (χ1v) is 14.5. The van der Waals surface area contributed by atoms with Gasteiger partial charge in [-0.25, -0.2) is 27.3 Å². The number of nitrogens with zero attached hydrogens (tertiary/aromatic N) is 5. The van der Waals surface area contributed by atoms with Crippen molar-refractivity contribution in [2.75, 3.05) is 26.4 Å². The molecule has 0 aliphatic carbocycles. The summed E-state index contributed by atoms with van der Waals surface area (Å²) in [5.41, 5.74) is 0.807. The fraction of sp³-hybridized carbons (Fsp3) is 0.290. The monoisotopic (exact) mass is 643 g/mol. The molecule has 3 aromatic carbocycles. The van der Waals surface area contributed by atoms with Crippen LogP contribution in [0.2, 0.25) is 5.02 Å². The van der Waals surface area contributed by atoms with Gasteiger partial charge in [0.2, 0.25) is 6.41 Å². The molecule has 5 aromatic rings. The number of aromatic nitrogens is 4. The predicted octanol–water partition coefficient (Wildman–Crippen LogP) is 4.96. The molecule has 234 valence electrons. The molecular weight excluding hydrogens is 618 g/mol. The van der Waals surface area contributed by atoms with Crippen LogP contribution in [0.25, 0.3) is 27.6 Å². The van der Waals surface area contributed by atoms with Gasteiger partial charge in [0.05, 0.1) is 33.5 Å². The van der Waals surface area contributed by atoms with Crippen molar-refractivity contribution < 1.29 is 27.1 Å². The zero-order chi connectivity index (χ0) is 31.8. The van der Waals surface area contributed by atoms with Gasteiger partial charge >= 0.3 is 5.69 Å². The summed E-state index contributed by atoms with van der Waals surface area (Å²) in [6.07, 6.45) is 1.45. The zero-order valence-electron chi connectivity index (χ0n) is 23.6. The summed E-state index contributed by atoms with van der Waals surface area (Å²) in [4.78, 5) is 44.8. The molecule has 1 fully saturated rings. The highest BCUT2D eigenvalue weighted by atomic mass is 35.5. The quantitative estimate of drug-likeness (QED) is 0.167. The van der Waals surface area contributed by atoms with Gasteiger partial charge in [0.25, 0.3) is 5.56 Å². The molecule has 14 heteroatoms. The highest BCUT2D eigenvalue weighted by molar-refractivity contribution is 6.31. The van der Waals surface area contributed by atoms with E-state index >= 15 is 4.39 Å². The molecule has 0 radical (unpaired) electrons. The van der Waals surface area contributed by atoms with Crippen LogP contribution in [-0.2, 0) is 11.3 Å². The van der Waals surface area contributed by atoms with Crippen LogP contribution in [0.1, 0.15) is 24.4 Å². The zero-order valence-corrected chi connectivity index (χ0v) is 24.4. The van der Waals surface area contributed by atoms with Crippen LogP contribution in [-0.4, -0.2) is 62.5 Å². The van der Waals surface area contributed by atoms with Crippen molar-refractivity contribution in [3.05, 3.63) is 97.9 Å². The van der Waals surface area contributed by atoms with E-state index < -0.39 is 54.1 Å². The predicted molar refractivity (Wildman–Crippen MR) is 160 cm³/mol. The number of rotatable bonds is 9. The van der Waals surface area contributed by atoms with Gasteiger partial charge in [-0.3, -0.25) is 23.3 Å². The fourth-order valence-electron chi connectivity index (χ4n) is 5.65. The molecule has 0 unspecified atom stereocenters. The lowest BCUT2D eigenvalue weighted by atomic mass is 10.0. The maximum Gasteiger partial charge on any atom is 0.332 e. The summed E-state index contributed by atoms with van der Waals surface area (Å²) in [5, 5.41) is -0.114. The first-order chi connectivity index (χ1) is 21.7. The maximum absolute atomic E-state index is 15.1. The Hall–Kier alpha value is -4.65. The molecule has 3 heterocycles. The summed E-state index contributed by atoms with van der Waals surface area (Å²) in [6, 6.07) is 11.1. The maximum atomic E-state index is 15.1. The SMILES string of the molecule is O=CN1CCC(n2c(=O)n(Cc3ccc(-n4cnc5cc(Cl)c(F)cc54)cc3)c(=O)c3cc(OC(CF)CF)c(F)cc32)CC1. The minimum atomic E-state index is -1.56. The minimum absolute atomic E-state index is 0.0161. The normalized spacial score (nSPS) is 14.1. The van der Waals surface area contributed by atoms with E-state index in [1.807, 2.05) is 0 Å². The number of piperidine rings is 1. The number of likely N-dealkylation sites (tertiary alicyclic amines) is 1. The number of carbonyl (C=O) groups excluding carboxylic acids is 1. The van der Waals surface area contributed by atoms with Crippen molar-refractivity contribution in [2.24, 2.45) is 0 Å². The number of ether oxygens (including phenoxy) is 1. The molecule has 6 rings (SSSR count). The van der Waals surface area contributed by atoms with Crippen molar-refractivity contribution in [2.45, 2.75) is 31.5 Å². The van der Waals surface area contributed by atoms with Crippen molar-refractivity contribution in [1.29, 1.82) is 0 Å². The van der Waals surface area contributed by atoms with Gasteiger partial charge < -0.3 is 9.64 Å². The first-order valence-electron chi connectivity index (χ1n) is 14.1. The van der Waals surface area contributed by atoms with Crippen LogP contribution in [0.4, 0.5) is 17.6 Å². The summed E-state index contributed by atoms with van der Waals surface area (Å²) in [5.74, 6) is -2.08. The molecule has 0 saturated carbocycles. The van der Waals surface area contributed by atoms with E-state index in [2.05, 4.69) is 4.98 Å². The Bertz CT molecular complexity index is 2020. The number of halogens is 5. The number of hydrogen-bond acceptors (Lipinski definition) is 5. The third-order valence-electron chi connectivity index (χ3n) is 8.02. The van der Waals surface area contributed by atoms with Gasteiger partial charge in [0.15, 0.2) is 17.7 Å². The second-order valence-corrected chi connectivity index (χ2v) is 11.2. The smallest absolute Gasteiger partial charge is 0.332 e. The van der Waals surface area contributed by atoms with Crippen LogP contribution in [0.5, 0.6) is 5.75 Å². The number of carbonyl (C=O) groups is 1. The van der Waals surface area contributed by atoms with Crippen LogP contribution in [0.15, 0.2) is 64.4 Å². The van der Waals surface area contributed by atoms with E-state index in [0.717, 1.165) is 23.1 Å². The molecule has 1 aliphatic rings. The van der Waals surface area contributed by atoms with Gasteiger partial charge in [0, 0.05) is 37.0 Å². The molecule has 1 amide bonds. The summed E-state index contributed by atoms with van der Waals surface area (Å²) < 4.78 is 64.8. The van der Waals surface area contributed by atoms with Crippen LogP contribution >= 0.6 is 11.6 Å². The van der Waals surface area contributed by atoms with Crippen molar-refractivity contribution in [3.8, 4) is 11.4 Å². The number of amides is 1. The first kappa shape index (κ1) is 30.4. The number of imidazole rings is 1. The molecule has 2 aromatic heterocycles. The second kappa shape index (κ2) is 12.4. The molecule has 1 aliphatic heterocycles. The Morgan fingerprint density at radius 2 is 1.67 bits per heavy atom. The van der Waals surface area contributed by atoms with E-state index in [9.17, 15) is 27.6 Å². The van der Waals surface area contributed by atoms with E-state index in [1.54, 1.807) is 33.7 Å². The Morgan fingerprint density at radius 3 is 2.33 bits per heavy atom. The third-order valence-corrected chi connectivity index (χ3v) is 8.31. The van der Waals surface area contributed by atoms with Gasteiger partial charge in [-0.05, 0) is 42.7 Å². The molecule has 9 nitrogen and oxygen atoms in total. The number of fused-ring (bicyclic) bond motifs is 2. The largest absolute Gasteiger partial charge is 0.482 e. The van der Waals surface area contributed by atoms with E-state index in [4.69, 9.17) is 16.3 Å². The summed E-state index contributed by atoms with van der Waals surface area (Å²) in [6.45, 7) is -1.84. The summed E-state index contributed by atoms with van der Waals surface area (Å²) in [7, 11) is 0. The van der Waals surface area contributed by atoms with Gasteiger partial charge in [-0.1, -0.05) is 23.7 Å². The fourth-order valence-corrected chi connectivity index (χ4v) is 5.81. The Labute approximate surface area is 257 Å². The van der Waals surface area contributed by atoms with Gasteiger partial charge in [-0.15, -0.1) is 0 Å². The van der Waals surface area contributed by atoms with Gasteiger partial charge in [0.1, 0.15) is 25.5 Å². The topological polar surface area (TPSA) is 91.4 Å². The second-order valence-electron chi connectivity index (χ2n) is 10.8. The number of hydrogen-bond donors (Lipinski definition) is 0. The van der Waals surface area contributed by atoms with E-state index in [1.165, 1.54) is 23.0 Å². The minimum Gasteiger partial charge on any atom is -0.482 e. The van der Waals surface area contributed by atoms with Crippen LogP contribution < -0.4 is 16.0 Å². The van der Waals surface area contributed by atoms with Crippen molar-refractivity contribution in [3.63, 3.8) is 0 Å². The molecule has 1 saturated heterocycles. The molecule has 0 bridgehead atoms. The Morgan fingerprint density at radius 1 is 0.978 bits per heavy atom. The number of benzene rings is 3. The van der Waals surface area contributed by atoms with Crippen LogP contribution in [0.3, 0.4) is 0 Å². The Balaban J connectivity index is 1.42. The molecule has 45 heavy (non-hydrogen) atoms. The third kappa shape index (κ3) is 5.68. The molecule has 0 atom stereocenters. The standard InChI is InChI=1S/C31H26ClF4N5O4/c32-23-10-26-28(11-24(23)35)40(16-37-26)19-3-1-18(2-4-19)15-39-30(43)22-9-29(45-21(13-33)14-34)25(36)12-27(22)41(31(39)44)20-5-7-38(17-42)8-6-20/h1-4,9-12,16-17,20-21H,5-8,13-15H2. The van der Waals surface area contributed by atoms with Crippen LogP contribution in [0, 0.1) is 11.6 Å². The van der Waals surface area contributed by atoms with E-state index in [0.29, 0.717) is 48.2 Å². The highest BCUT2D eigenvalue weighted by Crippen LogP contribution is 2.29. The van der Waals surface area contributed by atoms with E-state index in [-0.39, 0.29) is 22.5 Å². The van der Waals surface area contributed by atoms with Gasteiger partial charge in [-0.2, -0.15) is 0 Å². The molecule has 0 spiro atoms. The number of alkyl halides is 2. The lowest BCUT2D eigenvalue weighted by Crippen LogP contribution is -2.44.